The first-order valence-corrected chi connectivity index (χ1v) is 5.40. The average molecular weight is 195 g/mol. The Balaban J connectivity index is 4.01. The van der Waals surface area contributed by atoms with Crippen LogP contribution in [-0.4, -0.2) is 21.0 Å². The highest BCUT2D eigenvalue weighted by Gasteiger charge is 2.13. The standard InChI is InChI=1S/C6H17N3O2S/c1-5(2)3-6(4-7)9-12(8,10)11/h5-6,9H,3-4,7H2,1-2H3,(H2,8,10,11). The van der Waals surface area contributed by atoms with E-state index in [0.29, 0.717) is 12.3 Å². The predicted molar refractivity (Wildman–Crippen MR) is 48.5 cm³/mol. The van der Waals surface area contributed by atoms with Gasteiger partial charge in [-0.05, 0) is 12.3 Å². The van der Waals surface area contributed by atoms with Gasteiger partial charge in [0.15, 0.2) is 0 Å². The quantitative estimate of drug-likeness (QED) is 0.533. The summed E-state index contributed by atoms with van der Waals surface area (Å²) in [5.41, 5.74) is 5.35. The molecule has 6 heteroatoms. The summed E-state index contributed by atoms with van der Waals surface area (Å²) in [4.78, 5) is 0. The highest BCUT2D eigenvalue weighted by Crippen LogP contribution is 2.03. The van der Waals surface area contributed by atoms with E-state index < -0.39 is 10.2 Å². The fourth-order valence-electron chi connectivity index (χ4n) is 0.994. The van der Waals surface area contributed by atoms with Crippen LogP contribution in [0.15, 0.2) is 0 Å². The largest absolute Gasteiger partial charge is 0.329 e. The Morgan fingerprint density at radius 1 is 1.42 bits per heavy atom. The van der Waals surface area contributed by atoms with Crippen LogP contribution in [0.1, 0.15) is 20.3 Å². The second-order valence-electron chi connectivity index (χ2n) is 3.23. The Bertz CT molecular complexity index is 213. The smallest absolute Gasteiger partial charge is 0.274 e. The molecule has 0 spiro atoms. The third-order valence-corrected chi connectivity index (χ3v) is 2.03. The van der Waals surface area contributed by atoms with Gasteiger partial charge in [-0.25, -0.2) is 5.14 Å². The van der Waals surface area contributed by atoms with Gasteiger partial charge >= 0.3 is 0 Å². The van der Waals surface area contributed by atoms with Gasteiger partial charge in [0.05, 0.1) is 0 Å². The van der Waals surface area contributed by atoms with Crippen molar-refractivity contribution in [2.24, 2.45) is 16.8 Å². The van der Waals surface area contributed by atoms with Crippen LogP contribution < -0.4 is 15.6 Å². The summed E-state index contributed by atoms with van der Waals surface area (Å²) in [5.74, 6) is 0.396. The first-order valence-electron chi connectivity index (χ1n) is 3.85. The van der Waals surface area contributed by atoms with E-state index in [1.807, 2.05) is 13.8 Å². The van der Waals surface area contributed by atoms with Crippen molar-refractivity contribution in [3.05, 3.63) is 0 Å². The molecule has 1 unspecified atom stereocenters. The highest BCUT2D eigenvalue weighted by molar-refractivity contribution is 7.87. The molecule has 0 aromatic carbocycles. The van der Waals surface area contributed by atoms with E-state index >= 15 is 0 Å². The van der Waals surface area contributed by atoms with E-state index in [1.165, 1.54) is 0 Å². The molecule has 0 rings (SSSR count). The van der Waals surface area contributed by atoms with Gasteiger partial charge in [-0.3, -0.25) is 0 Å². The first kappa shape index (κ1) is 11.8. The minimum Gasteiger partial charge on any atom is -0.329 e. The molecule has 1 atom stereocenters. The number of nitrogens with two attached hydrogens (primary N) is 2. The molecule has 0 bridgehead atoms. The molecule has 0 aliphatic heterocycles. The summed E-state index contributed by atoms with van der Waals surface area (Å²) in [6.45, 7) is 4.26. The molecule has 74 valence electrons. The maximum absolute atomic E-state index is 10.6. The Morgan fingerprint density at radius 2 is 1.92 bits per heavy atom. The molecule has 0 amide bonds. The second-order valence-corrected chi connectivity index (χ2v) is 4.55. The van der Waals surface area contributed by atoms with E-state index in [1.54, 1.807) is 0 Å². The Labute approximate surface area is 73.7 Å². The number of hydrogen-bond donors (Lipinski definition) is 3. The lowest BCUT2D eigenvalue weighted by Gasteiger charge is -2.16. The third kappa shape index (κ3) is 6.53. The summed E-state index contributed by atoms with van der Waals surface area (Å²) in [6.07, 6.45) is 0.701. The van der Waals surface area contributed by atoms with E-state index in [2.05, 4.69) is 4.72 Å². The lowest BCUT2D eigenvalue weighted by Crippen LogP contribution is -2.44. The number of rotatable bonds is 5. The topological polar surface area (TPSA) is 98.2 Å². The molecule has 0 radical (unpaired) electrons. The Morgan fingerprint density at radius 3 is 2.17 bits per heavy atom. The maximum Gasteiger partial charge on any atom is 0.274 e. The van der Waals surface area contributed by atoms with Crippen LogP contribution >= 0.6 is 0 Å². The first-order chi connectivity index (χ1) is 5.35. The van der Waals surface area contributed by atoms with Crippen LogP contribution in [0.2, 0.25) is 0 Å². The van der Waals surface area contributed by atoms with Crippen LogP contribution in [-0.2, 0) is 10.2 Å². The molecule has 0 saturated carbocycles. The molecule has 5 nitrogen and oxygen atoms in total. The summed E-state index contributed by atoms with van der Waals surface area (Å²) >= 11 is 0. The molecule has 0 fully saturated rings. The van der Waals surface area contributed by atoms with E-state index in [0.717, 1.165) is 0 Å². The van der Waals surface area contributed by atoms with Gasteiger partial charge in [0.1, 0.15) is 0 Å². The lowest BCUT2D eigenvalue weighted by atomic mass is 10.1. The molecule has 0 aliphatic carbocycles. The van der Waals surface area contributed by atoms with E-state index in [4.69, 9.17) is 10.9 Å². The van der Waals surface area contributed by atoms with Crippen molar-refractivity contribution in [1.29, 1.82) is 0 Å². The minimum atomic E-state index is -3.61. The molecule has 0 saturated heterocycles. The molecular formula is C6H17N3O2S. The summed E-state index contributed by atoms with van der Waals surface area (Å²) in [6, 6.07) is -0.250. The highest BCUT2D eigenvalue weighted by atomic mass is 32.2. The molecule has 0 aromatic rings. The molecule has 0 aliphatic rings. The number of hydrogen-bond acceptors (Lipinski definition) is 3. The normalized spacial score (nSPS) is 15.1. The maximum atomic E-state index is 10.6. The van der Waals surface area contributed by atoms with Crippen LogP contribution in [0.3, 0.4) is 0 Å². The zero-order chi connectivity index (χ0) is 9.78. The van der Waals surface area contributed by atoms with Crippen molar-refractivity contribution in [2.75, 3.05) is 6.54 Å². The predicted octanol–water partition coefficient (Wildman–Crippen LogP) is -0.847. The molecule has 5 N–H and O–H groups in total. The zero-order valence-corrected chi connectivity index (χ0v) is 8.26. The van der Waals surface area contributed by atoms with Gasteiger partial charge in [-0.1, -0.05) is 13.8 Å². The van der Waals surface area contributed by atoms with Crippen molar-refractivity contribution in [3.8, 4) is 0 Å². The summed E-state index contributed by atoms with van der Waals surface area (Å²) in [7, 11) is -3.61. The van der Waals surface area contributed by atoms with E-state index in [9.17, 15) is 8.42 Å². The third-order valence-electron chi connectivity index (χ3n) is 1.37. The second kappa shape index (κ2) is 4.76. The monoisotopic (exact) mass is 195 g/mol. The van der Waals surface area contributed by atoms with Gasteiger partial charge in [-0.2, -0.15) is 13.1 Å². The van der Waals surface area contributed by atoms with Crippen molar-refractivity contribution in [1.82, 2.24) is 4.72 Å². The summed E-state index contributed by atoms with van der Waals surface area (Å²) < 4.78 is 23.4. The van der Waals surface area contributed by atoms with Crippen LogP contribution in [0.25, 0.3) is 0 Å². The minimum absolute atomic E-state index is 0.250. The van der Waals surface area contributed by atoms with Crippen LogP contribution in [0.4, 0.5) is 0 Å². The SMILES string of the molecule is CC(C)CC(CN)NS(N)(=O)=O. The van der Waals surface area contributed by atoms with Gasteiger partial charge in [-0.15, -0.1) is 0 Å². The van der Waals surface area contributed by atoms with Crippen molar-refractivity contribution >= 4 is 10.2 Å². The van der Waals surface area contributed by atoms with Crippen molar-refractivity contribution in [2.45, 2.75) is 26.3 Å². The van der Waals surface area contributed by atoms with Crippen molar-refractivity contribution < 1.29 is 8.42 Å². The summed E-state index contributed by atoms with van der Waals surface area (Å²) in [5, 5.41) is 4.79. The molecule has 12 heavy (non-hydrogen) atoms. The van der Waals surface area contributed by atoms with Gasteiger partial charge in [0.25, 0.3) is 10.2 Å². The van der Waals surface area contributed by atoms with Gasteiger partial charge in [0, 0.05) is 12.6 Å². The van der Waals surface area contributed by atoms with Crippen LogP contribution in [0.5, 0.6) is 0 Å². The van der Waals surface area contributed by atoms with Crippen LogP contribution in [0, 0.1) is 5.92 Å². The fourth-order valence-corrected chi connectivity index (χ4v) is 1.65. The molecule has 0 aromatic heterocycles. The zero-order valence-electron chi connectivity index (χ0n) is 7.45. The average Bonchev–Trinajstić information content (AvgIpc) is 1.82. The lowest BCUT2D eigenvalue weighted by molar-refractivity contribution is 0.465. The fraction of sp³-hybridized carbons (Fsp3) is 1.00. The van der Waals surface area contributed by atoms with Gasteiger partial charge in [0.2, 0.25) is 0 Å². The Hall–Kier alpha value is -0.170. The molecule has 0 heterocycles. The van der Waals surface area contributed by atoms with Crippen molar-refractivity contribution in [3.63, 3.8) is 0 Å². The molecular weight excluding hydrogens is 178 g/mol. The number of nitrogens with one attached hydrogen (secondary N) is 1. The Kier molecular flexibility index (Phi) is 4.69. The van der Waals surface area contributed by atoms with Gasteiger partial charge < -0.3 is 5.73 Å². The van der Waals surface area contributed by atoms with E-state index in [-0.39, 0.29) is 12.6 Å².